The molecular formula is C39H53NO3S. The number of sulfonamides is 1. The smallest absolute Gasteiger partial charge is 0.218 e. The number of rotatable bonds is 17. The van der Waals surface area contributed by atoms with E-state index in [1.807, 2.05) is 36.4 Å². The van der Waals surface area contributed by atoms with Gasteiger partial charge in [0, 0.05) is 18.6 Å². The van der Waals surface area contributed by atoms with Gasteiger partial charge in [0.2, 0.25) is 10.0 Å². The molecule has 0 fully saturated rings. The van der Waals surface area contributed by atoms with Gasteiger partial charge in [-0.05, 0) is 41.4 Å². The van der Waals surface area contributed by atoms with Gasteiger partial charge in [-0.2, -0.15) is 4.31 Å². The van der Waals surface area contributed by atoms with Gasteiger partial charge in [-0.3, -0.25) is 0 Å². The SMILES string of the molecule is CC(C)(C)C(CCCCCCCCCOCC1CC=CCN1S(=O)(=O)Cc1ccccc1)(c1ccccc1)c1ccccc1. The topological polar surface area (TPSA) is 46.6 Å². The normalized spacial score (nSPS) is 16.3. The third-order valence-corrected chi connectivity index (χ3v) is 11.1. The summed E-state index contributed by atoms with van der Waals surface area (Å²) >= 11 is 0. The van der Waals surface area contributed by atoms with Gasteiger partial charge >= 0.3 is 0 Å². The molecule has 1 unspecified atom stereocenters. The molecule has 1 aliphatic rings. The zero-order valence-electron chi connectivity index (χ0n) is 27.2. The summed E-state index contributed by atoms with van der Waals surface area (Å²) in [5.74, 6) is 0.0356. The molecule has 5 heteroatoms. The molecule has 4 rings (SSSR count). The fourth-order valence-corrected chi connectivity index (χ4v) is 8.59. The van der Waals surface area contributed by atoms with Gasteiger partial charge in [0.1, 0.15) is 0 Å². The first-order chi connectivity index (χ1) is 21.2. The zero-order chi connectivity index (χ0) is 31.3. The summed E-state index contributed by atoms with van der Waals surface area (Å²) in [5, 5.41) is 0. The molecule has 0 N–H and O–H groups in total. The first kappa shape index (κ1) is 34.1. The summed E-state index contributed by atoms with van der Waals surface area (Å²) in [7, 11) is -3.40. The van der Waals surface area contributed by atoms with Crippen molar-refractivity contribution < 1.29 is 13.2 Å². The predicted octanol–water partition coefficient (Wildman–Crippen LogP) is 9.32. The predicted molar refractivity (Wildman–Crippen MR) is 184 cm³/mol. The minimum atomic E-state index is -3.40. The van der Waals surface area contributed by atoms with Crippen molar-refractivity contribution >= 4 is 10.0 Å². The number of hydrogen-bond acceptors (Lipinski definition) is 3. The minimum Gasteiger partial charge on any atom is -0.380 e. The largest absolute Gasteiger partial charge is 0.380 e. The van der Waals surface area contributed by atoms with E-state index in [-0.39, 0.29) is 22.6 Å². The van der Waals surface area contributed by atoms with Crippen LogP contribution in [0.5, 0.6) is 0 Å². The van der Waals surface area contributed by atoms with Crippen molar-refractivity contribution in [3.8, 4) is 0 Å². The van der Waals surface area contributed by atoms with Gasteiger partial charge in [0.05, 0.1) is 18.4 Å². The Morgan fingerprint density at radius 3 is 1.80 bits per heavy atom. The molecular weight excluding hydrogens is 563 g/mol. The van der Waals surface area contributed by atoms with Crippen LogP contribution >= 0.6 is 0 Å². The highest BCUT2D eigenvalue weighted by Crippen LogP contribution is 2.50. The number of nitrogens with zero attached hydrogens (tertiary/aromatic N) is 1. The van der Waals surface area contributed by atoms with Gasteiger partial charge in [-0.25, -0.2) is 8.42 Å². The third kappa shape index (κ3) is 9.15. The second-order valence-corrected chi connectivity index (χ2v) is 15.3. The molecule has 0 radical (unpaired) electrons. The van der Waals surface area contributed by atoms with Crippen molar-refractivity contribution in [2.75, 3.05) is 19.8 Å². The van der Waals surface area contributed by atoms with Crippen LogP contribution in [-0.2, 0) is 25.9 Å². The van der Waals surface area contributed by atoms with E-state index in [4.69, 9.17) is 4.74 Å². The van der Waals surface area contributed by atoms with E-state index in [0.717, 1.165) is 24.8 Å². The van der Waals surface area contributed by atoms with Crippen LogP contribution in [0.25, 0.3) is 0 Å². The maximum Gasteiger partial charge on any atom is 0.218 e. The highest BCUT2D eigenvalue weighted by molar-refractivity contribution is 7.88. The summed E-state index contributed by atoms with van der Waals surface area (Å²) in [5.41, 5.74) is 3.73. The Hall–Kier alpha value is -2.73. The number of benzene rings is 3. The Morgan fingerprint density at radius 2 is 1.23 bits per heavy atom. The number of unbranched alkanes of at least 4 members (excludes halogenated alkanes) is 6. The molecule has 3 aromatic carbocycles. The van der Waals surface area contributed by atoms with E-state index in [0.29, 0.717) is 26.2 Å². The Kier molecular flexibility index (Phi) is 12.8. The lowest BCUT2D eigenvalue weighted by Gasteiger charge is -2.46. The van der Waals surface area contributed by atoms with E-state index in [9.17, 15) is 8.42 Å². The van der Waals surface area contributed by atoms with Gasteiger partial charge in [0.15, 0.2) is 0 Å². The quantitative estimate of drug-likeness (QED) is 0.112. The number of ether oxygens (including phenoxy) is 1. The summed E-state index contributed by atoms with van der Waals surface area (Å²) in [6, 6.07) is 31.5. The second kappa shape index (κ2) is 16.5. The van der Waals surface area contributed by atoms with E-state index in [1.54, 1.807) is 4.31 Å². The molecule has 0 saturated carbocycles. The van der Waals surface area contributed by atoms with Crippen LogP contribution < -0.4 is 0 Å². The molecule has 0 aromatic heterocycles. The van der Waals surface area contributed by atoms with E-state index < -0.39 is 10.0 Å². The average Bonchev–Trinajstić information content (AvgIpc) is 3.02. The van der Waals surface area contributed by atoms with Crippen LogP contribution in [0.3, 0.4) is 0 Å². The van der Waals surface area contributed by atoms with Crippen LogP contribution in [0.4, 0.5) is 0 Å². The molecule has 0 spiro atoms. The molecule has 0 amide bonds. The van der Waals surface area contributed by atoms with Crippen LogP contribution in [0, 0.1) is 5.41 Å². The Morgan fingerprint density at radius 1 is 0.705 bits per heavy atom. The first-order valence-corrected chi connectivity index (χ1v) is 18.2. The Bertz CT molecular complexity index is 1330. The summed E-state index contributed by atoms with van der Waals surface area (Å²) in [6.45, 7) is 8.74. The van der Waals surface area contributed by atoms with Crippen molar-refractivity contribution in [3.05, 3.63) is 120 Å². The lowest BCUT2D eigenvalue weighted by molar-refractivity contribution is 0.0866. The standard InChI is InChI=1S/C39H53NO3S/c1-38(2,3)39(35-24-14-10-15-25-35,36-26-16-11-17-27-36)29-19-7-5-4-6-8-21-31-43-32-37-28-18-20-30-40(37)44(41,42)33-34-22-12-9-13-23-34/h9-18,20,22-27,37H,4-8,19,21,28-33H2,1-3H3. The molecule has 0 saturated heterocycles. The molecule has 0 aliphatic carbocycles. The molecule has 44 heavy (non-hydrogen) atoms. The van der Waals surface area contributed by atoms with Crippen LogP contribution in [0.15, 0.2) is 103 Å². The van der Waals surface area contributed by atoms with Gasteiger partial charge in [-0.1, -0.05) is 162 Å². The zero-order valence-corrected chi connectivity index (χ0v) is 28.0. The number of hydrogen-bond donors (Lipinski definition) is 0. The van der Waals surface area contributed by atoms with E-state index >= 15 is 0 Å². The van der Waals surface area contributed by atoms with Crippen LogP contribution in [0.2, 0.25) is 0 Å². The van der Waals surface area contributed by atoms with E-state index in [1.165, 1.54) is 43.2 Å². The highest BCUT2D eigenvalue weighted by Gasteiger charge is 2.44. The van der Waals surface area contributed by atoms with Crippen LogP contribution in [-0.4, -0.2) is 38.5 Å². The van der Waals surface area contributed by atoms with Crippen LogP contribution in [0.1, 0.15) is 95.2 Å². The van der Waals surface area contributed by atoms with Crippen molar-refractivity contribution in [3.63, 3.8) is 0 Å². The first-order valence-electron chi connectivity index (χ1n) is 16.6. The summed E-state index contributed by atoms with van der Waals surface area (Å²) in [4.78, 5) is 0. The highest BCUT2D eigenvalue weighted by atomic mass is 32.2. The molecule has 1 heterocycles. The lowest BCUT2D eigenvalue weighted by Crippen LogP contribution is -2.45. The molecule has 3 aromatic rings. The van der Waals surface area contributed by atoms with Crippen molar-refractivity contribution in [2.24, 2.45) is 5.41 Å². The van der Waals surface area contributed by atoms with Crippen molar-refractivity contribution in [2.45, 2.75) is 95.8 Å². The summed E-state index contributed by atoms with van der Waals surface area (Å²) in [6.07, 6.45) is 14.2. The average molecular weight is 616 g/mol. The molecule has 0 bridgehead atoms. The molecule has 1 aliphatic heterocycles. The molecule has 1 atom stereocenters. The van der Waals surface area contributed by atoms with Gasteiger partial charge in [-0.15, -0.1) is 0 Å². The molecule has 238 valence electrons. The fraction of sp³-hybridized carbons (Fsp3) is 0.487. The minimum absolute atomic E-state index is 0.0164. The maximum atomic E-state index is 13.1. The maximum absolute atomic E-state index is 13.1. The third-order valence-electron chi connectivity index (χ3n) is 9.28. The monoisotopic (exact) mass is 615 g/mol. The molecule has 4 nitrogen and oxygen atoms in total. The fourth-order valence-electron chi connectivity index (χ4n) is 6.90. The van der Waals surface area contributed by atoms with Crippen molar-refractivity contribution in [1.82, 2.24) is 4.31 Å². The Labute approximate surface area is 267 Å². The van der Waals surface area contributed by atoms with Gasteiger partial charge < -0.3 is 4.74 Å². The van der Waals surface area contributed by atoms with Crippen molar-refractivity contribution in [1.29, 1.82) is 0 Å². The second-order valence-electron chi connectivity index (χ2n) is 13.4. The Balaban J connectivity index is 1.16. The van der Waals surface area contributed by atoms with E-state index in [2.05, 4.69) is 87.5 Å². The summed E-state index contributed by atoms with van der Waals surface area (Å²) < 4.78 is 33.9. The van der Waals surface area contributed by atoms with Gasteiger partial charge in [0.25, 0.3) is 0 Å². The lowest BCUT2D eigenvalue weighted by atomic mass is 9.57.